The van der Waals surface area contributed by atoms with Crippen LogP contribution in [0.3, 0.4) is 0 Å². The molecule has 4 nitrogen and oxygen atoms in total. The summed E-state index contributed by atoms with van der Waals surface area (Å²) in [6.07, 6.45) is 4.33. The van der Waals surface area contributed by atoms with Gasteiger partial charge in [-0.2, -0.15) is 0 Å². The number of hydrogen-bond acceptors (Lipinski definition) is 4. The third-order valence-corrected chi connectivity index (χ3v) is 5.15. The molecular formula is C18H20F2N2O2S. The van der Waals surface area contributed by atoms with E-state index in [4.69, 9.17) is 0 Å². The largest absolute Gasteiger partial charge is 0.356 e. The van der Waals surface area contributed by atoms with Gasteiger partial charge in [0.25, 0.3) is 0 Å². The molecule has 1 aromatic carbocycles. The molecule has 2 aromatic rings. The Kier molecular flexibility index (Phi) is 5.03. The molecule has 2 heterocycles. The van der Waals surface area contributed by atoms with Crippen molar-refractivity contribution in [3.63, 3.8) is 0 Å². The smallest absolute Gasteiger partial charge is 0.151 e. The van der Waals surface area contributed by atoms with Gasteiger partial charge in [0.1, 0.15) is 17.5 Å². The maximum atomic E-state index is 13.3. The molecule has 7 heteroatoms. The van der Waals surface area contributed by atoms with Crippen LogP contribution in [-0.2, 0) is 22.0 Å². The molecule has 0 radical (unpaired) electrons. The highest BCUT2D eigenvalue weighted by Gasteiger charge is 2.24. The molecule has 25 heavy (non-hydrogen) atoms. The van der Waals surface area contributed by atoms with Crippen LogP contribution in [0.5, 0.6) is 0 Å². The van der Waals surface area contributed by atoms with Gasteiger partial charge in [0.05, 0.1) is 5.75 Å². The van der Waals surface area contributed by atoms with Crippen LogP contribution in [0.25, 0.3) is 0 Å². The highest BCUT2D eigenvalue weighted by Crippen LogP contribution is 2.25. The van der Waals surface area contributed by atoms with Gasteiger partial charge < -0.3 is 4.90 Å². The van der Waals surface area contributed by atoms with E-state index in [1.165, 1.54) is 18.4 Å². The quantitative estimate of drug-likeness (QED) is 0.816. The molecule has 1 aliphatic heterocycles. The van der Waals surface area contributed by atoms with Crippen molar-refractivity contribution >= 4 is 15.7 Å². The molecule has 0 aliphatic carbocycles. The van der Waals surface area contributed by atoms with Crippen LogP contribution in [0, 0.1) is 17.6 Å². The van der Waals surface area contributed by atoms with Crippen LogP contribution in [0.4, 0.5) is 14.6 Å². The van der Waals surface area contributed by atoms with E-state index in [-0.39, 0.29) is 5.75 Å². The average Bonchev–Trinajstić information content (AvgIpc) is 2.93. The minimum Gasteiger partial charge on any atom is -0.356 e. The number of aromatic nitrogens is 1. The Morgan fingerprint density at radius 1 is 1.16 bits per heavy atom. The van der Waals surface area contributed by atoms with Crippen molar-refractivity contribution in [2.75, 3.05) is 24.2 Å². The summed E-state index contributed by atoms with van der Waals surface area (Å²) >= 11 is 0. The van der Waals surface area contributed by atoms with Gasteiger partial charge in [0.15, 0.2) is 9.84 Å². The fourth-order valence-corrected chi connectivity index (χ4v) is 4.04. The number of anilines is 1. The lowest BCUT2D eigenvalue weighted by Crippen LogP contribution is -2.21. The van der Waals surface area contributed by atoms with Gasteiger partial charge >= 0.3 is 0 Å². The fourth-order valence-electron chi connectivity index (χ4n) is 3.26. The van der Waals surface area contributed by atoms with Crippen LogP contribution < -0.4 is 4.90 Å². The van der Waals surface area contributed by atoms with Crippen LogP contribution >= 0.6 is 0 Å². The Labute approximate surface area is 146 Å². The number of pyridine rings is 1. The van der Waals surface area contributed by atoms with E-state index in [1.807, 2.05) is 6.07 Å². The first-order valence-corrected chi connectivity index (χ1v) is 10.2. The van der Waals surface area contributed by atoms with Crippen LogP contribution in [0.15, 0.2) is 36.5 Å². The first-order chi connectivity index (χ1) is 11.8. The Hall–Kier alpha value is -2.02. The second-order valence-corrected chi connectivity index (χ2v) is 8.82. The zero-order chi connectivity index (χ0) is 18.0. The third kappa shape index (κ3) is 4.98. The summed E-state index contributed by atoms with van der Waals surface area (Å²) in [6, 6.07) is 7.24. The normalized spacial score (nSPS) is 17.9. The van der Waals surface area contributed by atoms with Gasteiger partial charge in [-0.15, -0.1) is 0 Å². The summed E-state index contributed by atoms with van der Waals surface area (Å²) in [7, 11) is -3.07. The van der Waals surface area contributed by atoms with Crippen LogP contribution in [0.2, 0.25) is 0 Å². The molecule has 0 bridgehead atoms. The number of benzene rings is 1. The van der Waals surface area contributed by atoms with E-state index in [0.717, 1.165) is 31.4 Å². The Morgan fingerprint density at radius 3 is 2.48 bits per heavy atom. The molecule has 1 atom stereocenters. The Balaban J connectivity index is 1.62. The maximum Gasteiger partial charge on any atom is 0.151 e. The third-order valence-electron chi connectivity index (χ3n) is 4.29. The second-order valence-electron chi connectivity index (χ2n) is 6.68. The Bertz CT molecular complexity index is 834. The van der Waals surface area contributed by atoms with Crippen molar-refractivity contribution in [1.29, 1.82) is 0 Å². The van der Waals surface area contributed by atoms with Gasteiger partial charge in [-0.05, 0) is 48.1 Å². The minimum absolute atomic E-state index is 0.0198. The molecule has 0 saturated carbocycles. The number of rotatable bonds is 5. The van der Waals surface area contributed by atoms with Gasteiger partial charge in [-0.1, -0.05) is 6.07 Å². The lowest BCUT2D eigenvalue weighted by molar-refractivity contribution is 0.558. The van der Waals surface area contributed by atoms with Gasteiger partial charge in [0.2, 0.25) is 0 Å². The van der Waals surface area contributed by atoms with E-state index in [9.17, 15) is 17.2 Å². The number of halogens is 2. The molecule has 1 aromatic heterocycles. The summed E-state index contributed by atoms with van der Waals surface area (Å²) in [5.74, 6) is -0.0153. The van der Waals surface area contributed by atoms with E-state index in [0.29, 0.717) is 23.5 Å². The summed E-state index contributed by atoms with van der Waals surface area (Å²) in [5.41, 5.74) is 1.33. The van der Waals surface area contributed by atoms with E-state index in [2.05, 4.69) is 9.88 Å². The molecule has 134 valence electrons. The zero-order valence-corrected chi connectivity index (χ0v) is 14.8. The maximum absolute atomic E-state index is 13.3. The zero-order valence-electron chi connectivity index (χ0n) is 14.0. The first-order valence-electron chi connectivity index (χ1n) is 8.11. The van der Waals surface area contributed by atoms with Crippen molar-refractivity contribution in [3.8, 4) is 0 Å². The molecule has 1 unspecified atom stereocenters. The van der Waals surface area contributed by atoms with Crippen molar-refractivity contribution in [1.82, 2.24) is 4.98 Å². The fraction of sp³-hybridized carbons (Fsp3) is 0.389. The Morgan fingerprint density at radius 2 is 1.88 bits per heavy atom. The summed E-state index contributed by atoms with van der Waals surface area (Å²) in [6.45, 7) is 1.58. The lowest BCUT2D eigenvalue weighted by atomic mass is 9.98. The summed E-state index contributed by atoms with van der Waals surface area (Å²) < 4.78 is 49.2. The lowest BCUT2D eigenvalue weighted by Gasteiger charge is -2.18. The summed E-state index contributed by atoms with van der Waals surface area (Å²) in [4.78, 5) is 6.47. The van der Waals surface area contributed by atoms with Gasteiger partial charge in [-0.3, -0.25) is 0 Å². The second kappa shape index (κ2) is 7.07. The highest BCUT2D eigenvalue weighted by molar-refractivity contribution is 7.89. The van der Waals surface area contributed by atoms with Crippen LogP contribution in [0.1, 0.15) is 17.5 Å². The molecule has 1 saturated heterocycles. The van der Waals surface area contributed by atoms with Gasteiger partial charge in [0, 0.05) is 31.6 Å². The highest BCUT2D eigenvalue weighted by atomic mass is 32.2. The van der Waals surface area contributed by atoms with E-state index >= 15 is 0 Å². The molecule has 1 fully saturated rings. The molecular weight excluding hydrogens is 346 g/mol. The monoisotopic (exact) mass is 366 g/mol. The molecule has 1 aliphatic rings. The van der Waals surface area contributed by atoms with Crippen LogP contribution in [-0.4, -0.2) is 32.7 Å². The van der Waals surface area contributed by atoms with E-state index < -0.39 is 21.5 Å². The molecule has 0 spiro atoms. The SMILES string of the molecule is CS(=O)(=O)Cc1ccc(N2CCC(Cc3cc(F)cc(F)c3)C2)nc1. The topological polar surface area (TPSA) is 50.3 Å². The predicted octanol–water partition coefficient (Wildman–Crippen LogP) is 2.97. The average molecular weight is 366 g/mol. The summed E-state index contributed by atoms with van der Waals surface area (Å²) in [5, 5.41) is 0. The molecule has 0 N–H and O–H groups in total. The van der Waals surface area contributed by atoms with Crippen molar-refractivity contribution in [2.24, 2.45) is 5.92 Å². The minimum atomic E-state index is -3.07. The number of nitrogens with zero attached hydrogens (tertiary/aromatic N) is 2. The van der Waals surface area contributed by atoms with Crippen molar-refractivity contribution in [2.45, 2.75) is 18.6 Å². The standard InChI is InChI=1S/C18H20F2N2O2S/c1-25(23,24)12-14-2-3-18(21-10-14)22-5-4-13(11-22)6-15-7-16(19)9-17(20)8-15/h2-3,7-10,13H,4-6,11-12H2,1H3. The predicted molar refractivity (Wildman–Crippen MR) is 93.2 cm³/mol. The number of sulfone groups is 1. The number of hydrogen-bond donors (Lipinski definition) is 0. The van der Waals surface area contributed by atoms with Crippen molar-refractivity contribution in [3.05, 3.63) is 59.3 Å². The molecule has 0 amide bonds. The van der Waals surface area contributed by atoms with E-state index in [1.54, 1.807) is 12.3 Å². The first kappa shape index (κ1) is 17.8. The van der Waals surface area contributed by atoms with Gasteiger partial charge in [-0.25, -0.2) is 22.2 Å². The van der Waals surface area contributed by atoms with Crippen molar-refractivity contribution < 1.29 is 17.2 Å². The molecule has 3 rings (SSSR count).